The molecule has 0 aliphatic rings. The molecule has 0 heterocycles. The lowest BCUT2D eigenvalue weighted by molar-refractivity contribution is -0.275. The van der Waals surface area contributed by atoms with Gasteiger partial charge in [-0.1, -0.05) is 30.3 Å². The summed E-state index contributed by atoms with van der Waals surface area (Å²) < 4.78 is 74.1. The van der Waals surface area contributed by atoms with Crippen LogP contribution >= 0.6 is 0 Å². The molecule has 0 radical (unpaired) electrons. The minimum absolute atomic E-state index is 0.226. The first-order valence-electron chi connectivity index (χ1n) is 8.35. The van der Waals surface area contributed by atoms with E-state index in [0.29, 0.717) is 29.0 Å². The highest BCUT2D eigenvalue weighted by atomic mass is 19.4. The van der Waals surface area contributed by atoms with E-state index in [1.54, 1.807) is 30.3 Å². The van der Waals surface area contributed by atoms with Gasteiger partial charge in [-0.15, -0.1) is 13.2 Å². The number of ether oxygens (including phenoxy) is 2. The highest BCUT2D eigenvalue weighted by Crippen LogP contribution is 2.32. The van der Waals surface area contributed by atoms with E-state index in [1.165, 1.54) is 18.2 Å². The number of hydrogen-bond acceptors (Lipinski definition) is 2. The Balaban J connectivity index is 1.87. The van der Waals surface area contributed by atoms with Crippen LogP contribution in [0.4, 0.5) is 22.0 Å². The quantitative estimate of drug-likeness (QED) is 0.454. The van der Waals surface area contributed by atoms with Crippen LogP contribution in [-0.4, -0.2) is 13.0 Å². The van der Waals surface area contributed by atoms with Crippen LogP contribution in [0.3, 0.4) is 0 Å². The van der Waals surface area contributed by atoms with Gasteiger partial charge >= 0.3 is 6.36 Å². The second-order valence-electron chi connectivity index (χ2n) is 5.85. The van der Waals surface area contributed by atoms with Gasteiger partial charge in [-0.25, -0.2) is 8.78 Å². The number of alkyl halides is 3. The van der Waals surface area contributed by atoms with E-state index in [1.807, 2.05) is 6.92 Å². The van der Waals surface area contributed by atoms with Gasteiger partial charge in [0.05, 0.1) is 6.61 Å². The number of benzene rings is 3. The van der Waals surface area contributed by atoms with Gasteiger partial charge in [0.1, 0.15) is 11.6 Å². The van der Waals surface area contributed by atoms with Gasteiger partial charge in [-0.3, -0.25) is 0 Å². The van der Waals surface area contributed by atoms with Crippen LogP contribution < -0.4 is 9.47 Å². The summed E-state index contributed by atoms with van der Waals surface area (Å²) in [6, 6.07) is 14.1. The molecule has 0 aromatic heterocycles. The summed E-state index contributed by atoms with van der Waals surface area (Å²) in [5, 5.41) is 0. The molecule has 2 nitrogen and oxygen atoms in total. The van der Waals surface area contributed by atoms with E-state index in [2.05, 4.69) is 4.74 Å². The number of halogens is 5. The standard InChI is InChI=1S/C21H15F5O2/c1-2-27-16-7-3-13(4-8-16)17-9-5-14(11-18(17)22)15-6-10-20(19(23)12-15)28-21(24,25)26/h3-12H,2H2,1H3. The summed E-state index contributed by atoms with van der Waals surface area (Å²) in [6.45, 7) is 2.38. The highest BCUT2D eigenvalue weighted by Gasteiger charge is 2.32. The van der Waals surface area contributed by atoms with Crippen molar-refractivity contribution in [3.63, 3.8) is 0 Å². The second-order valence-corrected chi connectivity index (χ2v) is 5.85. The molecule has 28 heavy (non-hydrogen) atoms. The van der Waals surface area contributed by atoms with Crippen molar-refractivity contribution in [1.29, 1.82) is 0 Å². The molecule has 0 amide bonds. The van der Waals surface area contributed by atoms with Gasteiger partial charge in [0.15, 0.2) is 11.6 Å². The average molecular weight is 394 g/mol. The Morgan fingerprint density at radius 1 is 0.750 bits per heavy atom. The van der Waals surface area contributed by atoms with Crippen molar-refractivity contribution in [3.8, 4) is 33.8 Å². The molecule has 3 aromatic carbocycles. The van der Waals surface area contributed by atoms with Crippen molar-refractivity contribution >= 4 is 0 Å². The summed E-state index contributed by atoms with van der Waals surface area (Å²) in [5.74, 6) is -2.01. The smallest absolute Gasteiger partial charge is 0.494 e. The molecular formula is C21H15F5O2. The Morgan fingerprint density at radius 3 is 1.86 bits per heavy atom. The van der Waals surface area contributed by atoms with Crippen LogP contribution in [0.5, 0.6) is 11.5 Å². The predicted octanol–water partition coefficient (Wildman–Crippen LogP) is 6.60. The predicted molar refractivity (Wildman–Crippen MR) is 95.1 cm³/mol. The van der Waals surface area contributed by atoms with Crippen LogP contribution in [0.25, 0.3) is 22.3 Å². The van der Waals surface area contributed by atoms with Crippen molar-refractivity contribution < 1.29 is 31.4 Å². The Hall–Kier alpha value is -3.09. The van der Waals surface area contributed by atoms with Gasteiger partial charge in [0.25, 0.3) is 0 Å². The normalized spacial score (nSPS) is 11.4. The molecule has 0 bridgehead atoms. The molecule has 7 heteroatoms. The summed E-state index contributed by atoms with van der Waals surface area (Å²) in [7, 11) is 0. The van der Waals surface area contributed by atoms with Gasteiger partial charge in [-0.05, 0) is 53.9 Å². The first-order valence-corrected chi connectivity index (χ1v) is 8.35. The third-order valence-electron chi connectivity index (χ3n) is 3.94. The zero-order chi connectivity index (χ0) is 20.3. The molecule has 0 saturated heterocycles. The summed E-state index contributed by atoms with van der Waals surface area (Å²) in [4.78, 5) is 0. The molecule has 0 atom stereocenters. The minimum atomic E-state index is -4.99. The second kappa shape index (κ2) is 7.88. The lowest BCUT2D eigenvalue weighted by Crippen LogP contribution is -2.17. The van der Waals surface area contributed by atoms with Crippen molar-refractivity contribution in [2.75, 3.05) is 6.61 Å². The molecule has 146 valence electrons. The van der Waals surface area contributed by atoms with E-state index in [-0.39, 0.29) is 5.56 Å². The maximum absolute atomic E-state index is 14.6. The van der Waals surface area contributed by atoms with Crippen molar-refractivity contribution in [2.24, 2.45) is 0 Å². The summed E-state index contributed by atoms with van der Waals surface area (Å²) >= 11 is 0. The Labute approximate surface area is 158 Å². The first-order chi connectivity index (χ1) is 13.3. The van der Waals surface area contributed by atoms with Crippen LogP contribution in [-0.2, 0) is 0 Å². The number of rotatable bonds is 5. The van der Waals surface area contributed by atoms with Gasteiger partial charge in [-0.2, -0.15) is 0 Å². The van der Waals surface area contributed by atoms with E-state index < -0.39 is 23.7 Å². The van der Waals surface area contributed by atoms with Crippen LogP contribution in [0.15, 0.2) is 60.7 Å². The highest BCUT2D eigenvalue weighted by molar-refractivity contribution is 5.71. The third kappa shape index (κ3) is 4.60. The molecule has 0 N–H and O–H groups in total. The summed E-state index contributed by atoms with van der Waals surface area (Å²) in [6.07, 6.45) is -4.99. The lowest BCUT2D eigenvalue weighted by atomic mass is 9.99. The lowest BCUT2D eigenvalue weighted by Gasteiger charge is -2.11. The minimum Gasteiger partial charge on any atom is -0.494 e. The zero-order valence-electron chi connectivity index (χ0n) is 14.7. The third-order valence-corrected chi connectivity index (χ3v) is 3.94. The zero-order valence-corrected chi connectivity index (χ0v) is 14.7. The molecule has 3 aromatic rings. The largest absolute Gasteiger partial charge is 0.573 e. The Bertz CT molecular complexity index is 966. The van der Waals surface area contributed by atoms with E-state index in [0.717, 1.165) is 12.1 Å². The Morgan fingerprint density at radius 2 is 1.32 bits per heavy atom. The molecule has 0 aliphatic heterocycles. The fourth-order valence-electron chi connectivity index (χ4n) is 2.71. The van der Waals surface area contributed by atoms with E-state index in [9.17, 15) is 22.0 Å². The first kappa shape index (κ1) is 19.7. The summed E-state index contributed by atoms with van der Waals surface area (Å²) in [5.41, 5.74) is 1.52. The Kier molecular flexibility index (Phi) is 5.53. The van der Waals surface area contributed by atoms with Crippen molar-refractivity contribution in [2.45, 2.75) is 13.3 Å². The van der Waals surface area contributed by atoms with Gasteiger partial charge in [0.2, 0.25) is 0 Å². The van der Waals surface area contributed by atoms with E-state index in [4.69, 9.17) is 4.74 Å². The number of hydrogen-bond donors (Lipinski definition) is 0. The van der Waals surface area contributed by atoms with Crippen LogP contribution in [0, 0.1) is 11.6 Å². The van der Waals surface area contributed by atoms with Crippen LogP contribution in [0.2, 0.25) is 0 Å². The fourth-order valence-corrected chi connectivity index (χ4v) is 2.71. The van der Waals surface area contributed by atoms with Crippen LogP contribution in [0.1, 0.15) is 6.92 Å². The van der Waals surface area contributed by atoms with Gasteiger partial charge < -0.3 is 9.47 Å². The van der Waals surface area contributed by atoms with Crippen molar-refractivity contribution in [1.82, 2.24) is 0 Å². The topological polar surface area (TPSA) is 18.5 Å². The molecule has 0 spiro atoms. The molecule has 0 aliphatic carbocycles. The molecule has 0 saturated carbocycles. The molecular weight excluding hydrogens is 379 g/mol. The van der Waals surface area contributed by atoms with Gasteiger partial charge in [0, 0.05) is 5.56 Å². The monoisotopic (exact) mass is 394 g/mol. The molecule has 0 unspecified atom stereocenters. The SMILES string of the molecule is CCOc1ccc(-c2ccc(-c3ccc(OC(F)(F)F)c(F)c3)cc2F)cc1. The molecule has 0 fully saturated rings. The molecule has 3 rings (SSSR count). The maximum atomic E-state index is 14.6. The average Bonchev–Trinajstić information content (AvgIpc) is 2.63. The van der Waals surface area contributed by atoms with Crippen molar-refractivity contribution in [3.05, 3.63) is 72.3 Å². The fraction of sp³-hybridized carbons (Fsp3) is 0.143. The maximum Gasteiger partial charge on any atom is 0.573 e. The van der Waals surface area contributed by atoms with E-state index >= 15 is 0 Å².